The molecule has 1 aromatic carbocycles. The molecule has 0 spiro atoms. The van der Waals surface area contributed by atoms with Crippen molar-refractivity contribution in [1.29, 1.82) is 0 Å². The van der Waals surface area contributed by atoms with E-state index in [1.165, 1.54) is 18.2 Å². The number of halogens is 2. The number of hydrogen-bond acceptors (Lipinski definition) is 4. The third kappa shape index (κ3) is 3.99. The molecule has 0 aliphatic carbocycles. The number of carbonyl (C=O) groups excluding carboxylic acids is 2. The van der Waals surface area contributed by atoms with E-state index in [0.717, 1.165) is 11.0 Å². The first kappa shape index (κ1) is 21.2. The number of carbonyl (C=O) groups is 2. The summed E-state index contributed by atoms with van der Waals surface area (Å²) >= 11 is 5.91. The number of aromatic nitrogens is 3. The zero-order chi connectivity index (χ0) is 22.3. The quantitative estimate of drug-likeness (QED) is 0.618. The fourth-order valence-electron chi connectivity index (χ4n) is 3.77. The molecule has 7 nitrogen and oxygen atoms in total. The smallest absolute Gasteiger partial charge is 0.257 e. The van der Waals surface area contributed by atoms with Crippen molar-refractivity contribution in [3.63, 3.8) is 0 Å². The molecule has 0 unspecified atom stereocenters. The Hall–Kier alpha value is -3.00. The first-order chi connectivity index (χ1) is 14.8. The molecule has 1 aliphatic rings. The monoisotopic (exact) mass is 443 g/mol. The predicted molar refractivity (Wildman–Crippen MR) is 116 cm³/mol. The number of rotatable bonds is 3. The summed E-state index contributed by atoms with van der Waals surface area (Å²) in [6.45, 7) is 7.21. The van der Waals surface area contributed by atoms with E-state index >= 15 is 0 Å². The maximum absolute atomic E-state index is 14.0. The van der Waals surface area contributed by atoms with Crippen LogP contribution in [0.5, 0.6) is 0 Å². The van der Waals surface area contributed by atoms with Gasteiger partial charge in [-0.2, -0.15) is 5.10 Å². The largest absolute Gasteiger partial charge is 0.335 e. The van der Waals surface area contributed by atoms with Crippen molar-refractivity contribution in [2.24, 2.45) is 0 Å². The molecular formula is C22H23ClFN5O2. The number of fused-ring (bicyclic) bond motifs is 1. The first-order valence-corrected chi connectivity index (χ1v) is 10.5. The lowest BCUT2D eigenvalue weighted by molar-refractivity contribution is 0.0532. The fourth-order valence-corrected chi connectivity index (χ4v) is 3.95. The molecule has 162 valence electrons. The van der Waals surface area contributed by atoms with Gasteiger partial charge in [-0.05, 0) is 45.0 Å². The van der Waals surface area contributed by atoms with Crippen molar-refractivity contribution in [2.75, 3.05) is 26.2 Å². The minimum absolute atomic E-state index is 0.0556. The van der Waals surface area contributed by atoms with Crippen molar-refractivity contribution >= 4 is 34.4 Å². The van der Waals surface area contributed by atoms with Crippen LogP contribution in [0.15, 0.2) is 30.5 Å². The number of aryl methyl sites for hydroxylation is 1. The second-order valence-corrected chi connectivity index (χ2v) is 8.36. The van der Waals surface area contributed by atoms with Gasteiger partial charge in [-0.15, -0.1) is 0 Å². The Balaban J connectivity index is 1.49. The molecule has 3 aromatic rings. The number of pyridine rings is 1. The topological polar surface area (TPSA) is 71.3 Å². The number of amides is 2. The van der Waals surface area contributed by atoms with E-state index in [9.17, 15) is 14.0 Å². The van der Waals surface area contributed by atoms with Gasteiger partial charge < -0.3 is 9.80 Å². The van der Waals surface area contributed by atoms with Crippen LogP contribution in [0, 0.1) is 12.7 Å². The van der Waals surface area contributed by atoms with Crippen LogP contribution in [0.25, 0.3) is 11.0 Å². The van der Waals surface area contributed by atoms with Crippen molar-refractivity contribution in [3.05, 3.63) is 58.1 Å². The predicted octanol–water partition coefficient (Wildman–Crippen LogP) is 3.71. The Morgan fingerprint density at radius 1 is 1.03 bits per heavy atom. The van der Waals surface area contributed by atoms with Crippen LogP contribution in [0.1, 0.15) is 46.3 Å². The molecule has 3 heterocycles. The lowest BCUT2D eigenvalue weighted by Gasteiger charge is -2.35. The Bertz CT molecular complexity index is 1170. The highest BCUT2D eigenvalue weighted by atomic mass is 35.5. The van der Waals surface area contributed by atoms with Crippen molar-refractivity contribution in [2.45, 2.75) is 26.8 Å². The second-order valence-electron chi connectivity index (χ2n) is 7.93. The van der Waals surface area contributed by atoms with Gasteiger partial charge in [0.25, 0.3) is 11.8 Å². The third-order valence-corrected chi connectivity index (χ3v) is 5.73. The summed E-state index contributed by atoms with van der Waals surface area (Å²) in [5.41, 5.74) is 1.86. The second kappa shape index (κ2) is 8.26. The summed E-state index contributed by atoms with van der Waals surface area (Å²) in [5, 5.41) is 5.48. The molecule has 2 aromatic heterocycles. The van der Waals surface area contributed by atoms with Crippen LogP contribution in [0.2, 0.25) is 5.02 Å². The molecule has 4 rings (SSSR count). The molecule has 0 radical (unpaired) electrons. The minimum Gasteiger partial charge on any atom is -0.335 e. The van der Waals surface area contributed by atoms with E-state index in [4.69, 9.17) is 11.6 Å². The van der Waals surface area contributed by atoms with E-state index in [1.54, 1.807) is 16.0 Å². The van der Waals surface area contributed by atoms with E-state index in [0.29, 0.717) is 42.5 Å². The molecule has 0 bridgehead atoms. The summed E-state index contributed by atoms with van der Waals surface area (Å²) in [5.74, 6) is -1.16. The van der Waals surface area contributed by atoms with Gasteiger partial charge in [-0.3, -0.25) is 9.59 Å². The maximum atomic E-state index is 14.0. The highest BCUT2D eigenvalue weighted by Gasteiger charge is 2.28. The van der Waals surface area contributed by atoms with E-state index in [-0.39, 0.29) is 17.5 Å². The summed E-state index contributed by atoms with van der Waals surface area (Å²) < 4.78 is 15.9. The molecule has 1 fully saturated rings. The molecule has 1 saturated heterocycles. The van der Waals surface area contributed by atoms with Gasteiger partial charge in [-0.1, -0.05) is 11.6 Å². The molecule has 0 saturated carbocycles. The van der Waals surface area contributed by atoms with Crippen molar-refractivity contribution in [1.82, 2.24) is 24.6 Å². The van der Waals surface area contributed by atoms with Crippen LogP contribution < -0.4 is 0 Å². The Labute approximate surface area is 184 Å². The van der Waals surface area contributed by atoms with Crippen molar-refractivity contribution in [3.8, 4) is 0 Å². The molecule has 2 amide bonds. The average molecular weight is 444 g/mol. The van der Waals surface area contributed by atoms with Crippen LogP contribution in [0.3, 0.4) is 0 Å². The standard InChI is InChI=1S/C22H23ClFN5O2/c1-13(2)29-20-15(12-25-29)10-17(14(3)26-20)21(30)27-6-8-28(9-7-27)22(31)18-11-16(23)4-5-19(18)24/h4-5,10-13H,6-9H2,1-3H3. The molecule has 1 aliphatic heterocycles. The summed E-state index contributed by atoms with van der Waals surface area (Å²) in [6.07, 6.45) is 1.72. The molecule has 31 heavy (non-hydrogen) atoms. The normalized spacial score (nSPS) is 14.5. The van der Waals surface area contributed by atoms with Gasteiger partial charge in [0, 0.05) is 42.6 Å². The summed E-state index contributed by atoms with van der Waals surface area (Å²) in [7, 11) is 0. The molecular weight excluding hydrogens is 421 g/mol. The Morgan fingerprint density at radius 2 is 1.65 bits per heavy atom. The SMILES string of the molecule is Cc1nc2c(cnn2C(C)C)cc1C(=O)N1CCN(C(=O)c2cc(Cl)ccc2F)CC1. The van der Waals surface area contributed by atoms with Gasteiger partial charge in [0.1, 0.15) is 5.82 Å². The summed E-state index contributed by atoms with van der Waals surface area (Å²) in [4.78, 5) is 33.7. The molecule has 9 heteroatoms. The maximum Gasteiger partial charge on any atom is 0.257 e. The van der Waals surface area contributed by atoms with Gasteiger partial charge >= 0.3 is 0 Å². The molecule has 0 N–H and O–H groups in total. The number of nitrogens with zero attached hydrogens (tertiary/aromatic N) is 5. The fraction of sp³-hybridized carbons (Fsp3) is 0.364. The lowest BCUT2D eigenvalue weighted by Crippen LogP contribution is -2.50. The lowest BCUT2D eigenvalue weighted by atomic mass is 10.1. The van der Waals surface area contributed by atoms with Gasteiger partial charge in [0.2, 0.25) is 0 Å². The summed E-state index contributed by atoms with van der Waals surface area (Å²) in [6, 6.07) is 5.91. The van der Waals surface area contributed by atoms with Gasteiger partial charge in [0.15, 0.2) is 5.65 Å². The van der Waals surface area contributed by atoms with Crippen LogP contribution in [0.4, 0.5) is 4.39 Å². The number of piperazine rings is 1. The van der Waals surface area contributed by atoms with Crippen molar-refractivity contribution < 1.29 is 14.0 Å². The van der Waals surface area contributed by atoms with E-state index < -0.39 is 11.7 Å². The van der Waals surface area contributed by atoms with Crippen LogP contribution in [-0.2, 0) is 0 Å². The Kier molecular flexibility index (Phi) is 5.66. The minimum atomic E-state index is -0.607. The van der Waals surface area contributed by atoms with Gasteiger partial charge in [-0.25, -0.2) is 14.1 Å². The highest BCUT2D eigenvalue weighted by molar-refractivity contribution is 6.31. The van der Waals surface area contributed by atoms with E-state index in [2.05, 4.69) is 10.1 Å². The molecule has 0 atom stereocenters. The van der Waals surface area contributed by atoms with E-state index in [1.807, 2.05) is 31.5 Å². The zero-order valence-corrected chi connectivity index (χ0v) is 18.4. The van der Waals surface area contributed by atoms with Gasteiger partial charge in [0.05, 0.1) is 23.0 Å². The van der Waals surface area contributed by atoms with Crippen LogP contribution in [-0.4, -0.2) is 62.6 Å². The third-order valence-electron chi connectivity index (χ3n) is 5.49. The average Bonchev–Trinajstić information content (AvgIpc) is 3.17. The first-order valence-electron chi connectivity index (χ1n) is 10.1. The zero-order valence-electron chi connectivity index (χ0n) is 17.6. The number of hydrogen-bond donors (Lipinski definition) is 0. The highest BCUT2D eigenvalue weighted by Crippen LogP contribution is 2.22. The Morgan fingerprint density at radius 3 is 2.26 bits per heavy atom. The van der Waals surface area contributed by atoms with Crippen LogP contribution >= 0.6 is 11.6 Å². The number of benzene rings is 1.